The van der Waals surface area contributed by atoms with Gasteiger partial charge in [0, 0.05) is 19.2 Å². The van der Waals surface area contributed by atoms with Gasteiger partial charge in [0.1, 0.15) is 0 Å². The summed E-state index contributed by atoms with van der Waals surface area (Å²) in [5.74, 6) is 0.989. The summed E-state index contributed by atoms with van der Waals surface area (Å²) >= 11 is 0. The third-order valence-electron chi connectivity index (χ3n) is 4.87. The van der Waals surface area contributed by atoms with E-state index >= 15 is 0 Å². The maximum Gasteiger partial charge on any atom is 0.0724 e. The van der Waals surface area contributed by atoms with Gasteiger partial charge in [-0.3, -0.25) is 0 Å². The van der Waals surface area contributed by atoms with Gasteiger partial charge in [-0.1, -0.05) is 26.2 Å². The average Bonchev–Trinajstić information content (AvgIpc) is 2.67. The van der Waals surface area contributed by atoms with Crippen molar-refractivity contribution >= 4 is 0 Å². The number of methoxy groups -OCH3 is 1. The summed E-state index contributed by atoms with van der Waals surface area (Å²) in [6.45, 7) is 2.34. The van der Waals surface area contributed by atoms with Gasteiger partial charge in [0.15, 0.2) is 0 Å². The molecule has 0 radical (unpaired) electrons. The van der Waals surface area contributed by atoms with E-state index in [1.54, 1.807) is 0 Å². The Morgan fingerprint density at radius 1 is 1.00 bits per heavy atom. The predicted molar refractivity (Wildman–Crippen MR) is 72.2 cm³/mol. The fraction of sp³-hybridized carbons (Fsp3) is 1.00. The summed E-state index contributed by atoms with van der Waals surface area (Å²) in [5.41, 5.74) is 0. The zero-order valence-electron chi connectivity index (χ0n) is 11.6. The molecule has 2 fully saturated rings. The van der Waals surface area contributed by atoms with E-state index in [9.17, 15) is 0 Å². The van der Waals surface area contributed by atoms with Gasteiger partial charge in [0.05, 0.1) is 6.10 Å². The highest BCUT2D eigenvalue weighted by Crippen LogP contribution is 2.28. The molecule has 1 N–H and O–H groups in total. The summed E-state index contributed by atoms with van der Waals surface area (Å²) in [6.07, 6.45) is 12.8. The van der Waals surface area contributed by atoms with Gasteiger partial charge < -0.3 is 10.1 Å². The highest BCUT2D eigenvalue weighted by Gasteiger charge is 2.29. The van der Waals surface area contributed by atoms with Crippen LogP contribution in [0.1, 0.15) is 64.7 Å². The summed E-state index contributed by atoms with van der Waals surface area (Å²) in [6, 6.07) is 1.38. The van der Waals surface area contributed by atoms with Gasteiger partial charge in [0.25, 0.3) is 0 Å². The number of hydrogen-bond donors (Lipinski definition) is 1. The van der Waals surface area contributed by atoms with Crippen molar-refractivity contribution in [1.29, 1.82) is 0 Å². The third kappa shape index (κ3) is 3.69. The molecule has 4 unspecified atom stereocenters. The third-order valence-corrected chi connectivity index (χ3v) is 4.87. The largest absolute Gasteiger partial charge is 0.380 e. The second-order valence-corrected chi connectivity index (χ2v) is 5.96. The predicted octanol–water partition coefficient (Wildman–Crippen LogP) is 3.50. The number of ether oxygens (including phenoxy) is 1. The number of nitrogens with one attached hydrogen (secondary N) is 1. The normalized spacial score (nSPS) is 39.2. The van der Waals surface area contributed by atoms with E-state index in [4.69, 9.17) is 4.74 Å². The molecule has 0 amide bonds. The van der Waals surface area contributed by atoms with Crippen LogP contribution in [0, 0.1) is 5.92 Å². The van der Waals surface area contributed by atoms with Crippen LogP contribution in [0.3, 0.4) is 0 Å². The van der Waals surface area contributed by atoms with Crippen molar-refractivity contribution in [3.05, 3.63) is 0 Å². The summed E-state index contributed by atoms with van der Waals surface area (Å²) < 4.78 is 5.58. The van der Waals surface area contributed by atoms with Crippen LogP contribution in [0.4, 0.5) is 0 Å². The van der Waals surface area contributed by atoms with Gasteiger partial charge in [-0.2, -0.15) is 0 Å². The molecule has 2 rings (SSSR count). The molecule has 0 aromatic carbocycles. The van der Waals surface area contributed by atoms with Crippen molar-refractivity contribution in [3.8, 4) is 0 Å². The summed E-state index contributed by atoms with van der Waals surface area (Å²) in [7, 11) is 1.87. The van der Waals surface area contributed by atoms with Crippen LogP contribution < -0.4 is 5.32 Å². The van der Waals surface area contributed by atoms with Crippen molar-refractivity contribution in [2.24, 2.45) is 5.92 Å². The Morgan fingerprint density at radius 3 is 2.59 bits per heavy atom. The lowest BCUT2D eigenvalue weighted by Crippen LogP contribution is -2.43. The van der Waals surface area contributed by atoms with Crippen LogP contribution in [0.25, 0.3) is 0 Å². The Balaban J connectivity index is 1.78. The first-order chi connectivity index (χ1) is 8.33. The molecule has 0 aromatic heterocycles. The molecule has 0 spiro atoms. The lowest BCUT2D eigenvalue weighted by atomic mass is 9.97. The quantitative estimate of drug-likeness (QED) is 0.758. The summed E-state index contributed by atoms with van der Waals surface area (Å²) in [4.78, 5) is 0. The second-order valence-electron chi connectivity index (χ2n) is 5.96. The monoisotopic (exact) mass is 239 g/mol. The molecular formula is C15H29NO. The molecule has 0 saturated heterocycles. The minimum atomic E-state index is 0.472. The number of hydrogen-bond acceptors (Lipinski definition) is 2. The zero-order chi connectivity index (χ0) is 12.1. The lowest BCUT2D eigenvalue weighted by molar-refractivity contribution is 0.0803. The first-order valence-electron chi connectivity index (χ1n) is 7.62. The van der Waals surface area contributed by atoms with E-state index in [1.165, 1.54) is 57.8 Å². The molecule has 2 saturated carbocycles. The Hall–Kier alpha value is -0.0800. The smallest absolute Gasteiger partial charge is 0.0724 e. The van der Waals surface area contributed by atoms with Crippen molar-refractivity contribution in [2.45, 2.75) is 82.9 Å². The van der Waals surface area contributed by atoms with E-state index in [-0.39, 0.29) is 0 Å². The molecule has 0 aliphatic heterocycles. The van der Waals surface area contributed by atoms with Crippen molar-refractivity contribution in [2.75, 3.05) is 7.11 Å². The van der Waals surface area contributed by atoms with E-state index in [0.29, 0.717) is 12.1 Å². The molecule has 4 atom stereocenters. The molecule has 0 heterocycles. The van der Waals surface area contributed by atoms with E-state index in [0.717, 1.165) is 12.0 Å². The second kappa shape index (κ2) is 6.75. The first-order valence-corrected chi connectivity index (χ1v) is 7.62. The van der Waals surface area contributed by atoms with E-state index < -0.39 is 0 Å². The van der Waals surface area contributed by atoms with Gasteiger partial charge in [-0.15, -0.1) is 0 Å². The highest BCUT2D eigenvalue weighted by atomic mass is 16.5. The molecule has 2 aliphatic carbocycles. The maximum atomic E-state index is 5.58. The van der Waals surface area contributed by atoms with E-state index in [2.05, 4.69) is 12.2 Å². The van der Waals surface area contributed by atoms with Crippen LogP contribution in [-0.4, -0.2) is 25.3 Å². The van der Waals surface area contributed by atoms with Crippen LogP contribution in [0.5, 0.6) is 0 Å². The molecule has 2 aliphatic rings. The van der Waals surface area contributed by atoms with E-state index in [1.807, 2.05) is 7.11 Å². The Labute approximate surface area is 107 Å². The van der Waals surface area contributed by atoms with Gasteiger partial charge in [-0.05, 0) is 44.4 Å². The SMILES string of the molecule is CCC1CCCC(NC2CCCC2OC)CC1. The summed E-state index contributed by atoms with van der Waals surface area (Å²) in [5, 5.41) is 3.88. The van der Waals surface area contributed by atoms with Crippen LogP contribution in [0.2, 0.25) is 0 Å². The molecule has 0 aromatic rings. The minimum Gasteiger partial charge on any atom is -0.380 e. The molecule has 100 valence electrons. The van der Waals surface area contributed by atoms with Gasteiger partial charge in [0.2, 0.25) is 0 Å². The zero-order valence-corrected chi connectivity index (χ0v) is 11.6. The van der Waals surface area contributed by atoms with Crippen LogP contribution in [-0.2, 0) is 4.74 Å². The standard InChI is InChI=1S/C15H29NO/c1-3-12-6-4-7-13(11-10-12)16-14-8-5-9-15(14)17-2/h12-16H,3-11H2,1-2H3. The molecule has 17 heavy (non-hydrogen) atoms. The fourth-order valence-corrected chi connectivity index (χ4v) is 3.65. The number of rotatable bonds is 4. The minimum absolute atomic E-state index is 0.472. The van der Waals surface area contributed by atoms with Crippen molar-refractivity contribution in [1.82, 2.24) is 5.32 Å². The average molecular weight is 239 g/mol. The van der Waals surface area contributed by atoms with Crippen molar-refractivity contribution in [3.63, 3.8) is 0 Å². The van der Waals surface area contributed by atoms with Crippen LogP contribution in [0.15, 0.2) is 0 Å². The fourth-order valence-electron chi connectivity index (χ4n) is 3.65. The lowest BCUT2D eigenvalue weighted by Gasteiger charge is -2.25. The molecule has 2 nitrogen and oxygen atoms in total. The maximum absolute atomic E-state index is 5.58. The Morgan fingerprint density at radius 2 is 1.82 bits per heavy atom. The molecule has 2 heteroatoms. The topological polar surface area (TPSA) is 21.3 Å². The Bertz CT molecular complexity index is 219. The van der Waals surface area contributed by atoms with Crippen LogP contribution >= 0.6 is 0 Å². The van der Waals surface area contributed by atoms with Gasteiger partial charge in [-0.25, -0.2) is 0 Å². The molecule has 0 bridgehead atoms. The van der Waals surface area contributed by atoms with Crippen molar-refractivity contribution < 1.29 is 4.74 Å². The Kier molecular flexibility index (Phi) is 5.30. The van der Waals surface area contributed by atoms with Gasteiger partial charge >= 0.3 is 0 Å². The first kappa shape index (κ1) is 13.4. The highest BCUT2D eigenvalue weighted by molar-refractivity contribution is 4.87. The molecular weight excluding hydrogens is 210 g/mol.